The van der Waals surface area contributed by atoms with Crippen molar-refractivity contribution in [3.05, 3.63) is 0 Å². The van der Waals surface area contributed by atoms with E-state index in [2.05, 4.69) is 0 Å². The molecule has 0 saturated heterocycles. The van der Waals surface area contributed by atoms with E-state index in [1.807, 2.05) is 0 Å². The molecule has 0 aliphatic heterocycles. The lowest BCUT2D eigenvalue weighted by Gasteiger charge is -2.23. The molecule has 0 atom stereocenters. The minimum Gasteiger partial charge on any atom is -0.369 e. The third-order valence-corrected chi connectivity index (χ3v) is 2.40. The molecule has 1 aliphatic carbocycles. The second kappa shape index (κ2) is 2.75. The molecule has 0 aromatic rings. The molecule has 0 radical (unpaired) electrons. The van der Waals surface area contributed by atoms with Crippen LogP contribution in [-0.2, 0) is 4.79 Å². The van der Waals surface area contributed by atoms with E-state index in [9.17, 15) is 13.6 Å². The molecule has 2 N–H and O–H groups in total. The van der Waals surface area contributed by atoms with E-state index in [4.69, 9.17) is 5.73 Å². The minimum absolute atomic E-state index is 0.250. The van der Waals surface area contributed by atoms with E-state index in [-0.39, 0.29) is 12.8 Å². The van der Waals surface area contributed by atoms with Crippen LogP contribution in [0.2, 0.25) is 0 Å². The third kappa shape index (κ3) is 1.21. The number of carbonyl (C=O) groups is 1. The average Bonchev–Trinajstić information content (AvgIpc) is 2.34. The maximum atomic E-state index is 12.3. The van der Waals surface area contributed by atoms with Gasteiger partial charge in [0.25, 0.3) is 6.43 Å². The van der Waals surface area contributed by atoms with Gasteiger partial charge in [-0.15, -0.1) is 0 Å². The molecule has 1 saturated carbocycles. The Balaban J connectivity index is 2.79. The van der Waals surface area contributed by atoms with E-state index in [0.29, 0.717) is 12.8 Å². The predicted octanol–water partition coefficient (Wildman–Crippen LogP) is 1.30. The summed E-state index contributed by atoms with van der Waals surface area (Å²) in [4.78, 5) is 10.7. The number of hydrogen-bond donors (Lipinski definition) is 1. The number of primary amides is 1. The van der Waals surface area contributed by atoms with Gasteiger partial charge < -0.3 is 5.73 Å². The molecule has 64 valence electrons. The van der Waals surface area contributed by atoms with E-state index < -0.39 is 17.7 Å². The van der Waals surface area contributed by atoms with Gasteiger partial charge >= 0.3 is 0 Å². The van der Waals surface area contributed by atoms with Gasteiger partial charge in [0, 0.05) is 0 Å². The lowest BCUT2D eigenvalue weighted by atomic mass is 9.86. The number of alkyl halides is 2. The Bertz CT molecular complexity index is 164. The van der Waals surface area contributed by atoms with Gasteiger partial charge in [-0.1, -0.05) is 12.8 Å². The van der Waals surface area contributed by atoms with E-state index in [1.54, 1.807) is 0 Å². The van der Waals surface area contributed by atoms with Crippen LogP contribution in [0.15, 0.2) is 0 Å². The van der Waals surface area contributed by atoms with Crippen molar-refractivity contribution in [1.82, 2.24) is 0 Å². The highest BCUT2D eigenvalue weighted by molar-refractivity contribution is 5.81. The monoisotopic (exact) mass is 163 g/mol. The number of halogens is 2. The van der Waals surface area contributed by atoms with Gasteiger partial charge in [0.05, 0.1) is 0 Å². The quantitative estimate of drug-likeness (QED) is 0.655. The molecule has 0 spiro atoms. The summed E-state index contributed by atoms with van der Waals surface area (Å²) in [5.74, 6) is -0.843. The third-order valence-electron chi connectivity index (χ3n) is 2.40. The van der Waals surface area contributed by atoms with E-state index in [0.717, 1.165) is 0 Å². The van der Waals surface area contributed by atoms with Crippen LogP contribution in [-0.4, -0.2) is 12.3 Å². The molecular formula is C7H11F2NO. The molecule has 4 heteroatoms. The molecule has 1 amide bonds. The van der Waals surface area contributed by atoms with Crippen LogP contribution in [0.5, 0.6) is 0 Å². The molecule has 2 nitrogen and oxygen atoms in total. The fraction of sp³-hybridized carbons (Fsp3) is 0.857. The van der Waals surface area contributed by atoms with Crippen LogP contribution in [0, 0.1) is 5.41 Å². The van der Waals surface area contributed by atoms with Crippen LogP contribution >= 0.6 is 0 Å². The fourth-order valence-electron chi connectivity index (χ4n) is 1.58. The second-order valence-electron chi connectivity index (χ2n) is 3.03. The summed E-state index contributed by atoms with van der Waals surface area (Å²) >= 11 is 0. The van der Waals surface area contributed by atoms with Crippen molar-refractivity contribution in [2.45, 2.75) is 32.1 Å². The van der Waals surface area contributed by atoms with Crippen molar-refractivity contribution in [2.75, 3.05) is 0 Å². The lowest BCUT2D eigenvalue weighted by molar-refractivity contribution is -0.136. The van der Waals surface area contributed by atoms with Gasteiger partial charge in [0.2, 0.25) is 5.91 Å². The molecule has 11 heavy (non-hydrogen) atoms. The summed E-state index contributed by atoms with van der Waals surface area (Å²) in [6.07, 6.45) is -0.719. The molecule has 0 unspecified atom stereocenters. The summed E-state index contributed by atoms with van der Waals surface area (Å²) in [7, 11) is 0. The SMILES string of the molecule is NC(=O)C1(C(F)F)CCCC1. The standard InChI is InChI=1S/C7H11F2NO/c8-5(9)7(6(10)11)3-1-2-4-7/h5H,1-4H2,(H2,10,11). The van der Waals surface area contributed by atoms with E-state index in [1.165, 1.54) is 0 Å². The predicted molar refractivity (Wildman–Crippen MR) is 36.1 cm³/mol. The van der Waals surface area contributed by atoms with Gasteiger partial charge in [-0.25, -0.2) is 8.78 Å². The topological polar surface area (TPSA) is 43.1 Å². The molecule has 0 aromatic carbocycles. The zero-order chi connectivity index (χ0) is 8.48. The van der Waals surface area contributed by atoms with E-state index >= 15 is 0 Å². The Kier molecular flexibility index (Phi) is 2.11. The van der Waals surface area contributed by atoms with Crippen LogP contribution in [0.4, 0.5) is 8.78 Å². The van der Waals surface area contributed by atoms with Crippen molar-refractivity contribution < 1.29 is 13.6 Å². The molecular weight excluding hydrogens is 152 g/mol. The Morgan fingerprint density at radius 3 is 2.00 bits per heavy atom. The highest BCUT2D eigenvalue weighted by Gasteiger charge is 2.47. The van der Waals surface area contributed by atoms with Crippen molar-refractivity contribution >= 4 is 5.91 Å². The Morgan fingerprint density at radius 1 is 1.36 bits per heavy atom. The zero-order valence-corrected chi connectivity index (χ0v) is 6.15. The smallest absolute Gasteiger partial charge is 0.252 e. The van der Waals surface area contributed by atoms with Crippen molar-refractivity contribution in [3.63, 3.8) is 0 Å². The molecule has 0 heterocycles. The van der Waals surface area contributed by atoms with Crippen LogP contribution in [0.25, 0.3) is 0 Å². The number of amides is 1. The zero-order valence-electron chi connectivity index (χ0n) is 6.15. The van der Waals surface area contributed by atoms with Gasteiger partial charge in [-0.3, -0.25) is 4.79 Å². The van der Waals surface area contributed by atoms with Gasteiger partial charge in [-0.2, -0.15) is 0 Å². The fourth-order valence-corrected chi connectivity index (χ4v) is 1.58. The largest absolute Gasteiger partial charge is 0.369 e. The van der Waals surface area contributed by atoms with Crippen molar-refractivity contribution in [3.8, 4) is 0 Å². The summed E-state index contributed by atoms with van der Waals surface area (Å²) in [5.41, 5.74) is 3.41. The molecule has 1 fully saturated rings. The van der Waals surface area contributed by atoms with Crippen molar-refractivity contribution in [2.24, 2.45) is 11.1 Å². The van der Waals surface area contributed by atoms with Gasteiger partial charge in [0.1, 0.15) is 5.41 Å². The number of carbonyl (C=O) groups excluding carboxylic acids is 1. The van der Waals surface area contributed by atoms with Gasteiger partial charge in [-0.05, 0) is 12.8 Å². The molecule has 0 bridgehead atoms. The highest BCUT2D eigenvalue weighted by atomic mass is 19.3. The summed E-state index contributed by atoms with van der Waals surface area (Å²) in [5, 5.41) is 0. The maximum absolute atomic E-state index is 12.3. The second-order valence-corrected chi connectivity index (χ2v) is 3.03. The van der Waals surface area contributed by atoms with Crippen LogP contribution in [0.3, 0.4) is 0 Å². The summed E-state index contributed by atoms with van der Waals surface area (Å²) in [6.45, 7) is 0. The number of hydrogen-bond acceptors (Lipinski definition) is 1. The first-order valence-corrected chi connectivity index (χ1v) is 3.68. The number of nitrogens with two attached hydrogens (primary N) is 1. The lowest BCUT2D eigenvalue weighted by Crippen LogP contribution is -2.40. The molecule has 1 rings (SSSR count). The average molecular weight is 163 g/mol. The summed E-state index contributed by atoms with van der Waals surface area (Å²) in [6, 6.07) is 0. The Hall–Kier alpha value is -0.670. The number of rotatable bonds is 2. The first-order valence-electron chi connectivity index (χ1n) is 3.68. The van der Waals surface area contributed by atoms with Crippen LogP contribution in [0.1, 0.15) is 25.7 Å². The molecule has 1 aliphatic rings. The van der Waals surface area contributed by atoms with Crippen LogP contribution < -0.4 is 5.73 Å². The minimum atomic E-state index is -2.59. The van der Waals surface area contributed by atoms with Crippen molar-refractivity contribution in [1.29, 1.82) is 0 Å². The van der Waals surface area contributed by atoms with Gasteiger partial charge in [0.15, 0.2) is 0 Å². The summed E-state index contributed by atoms with van der Waals surface area (Å²) < 4.78 is 24.7. The maximum Gasteiger partial charge on any atom is 0.252 e. The molecule has 0 aromatic heterocycles. The first-order chi connectivity index (χ1) is 5.09. The Morgan fingerprint density at radius 2 is 1.82 bits per heavy atom. The first kappa shape index (κ1) is 8.43. The highest BCUT2D eigenvalue weighted by Crippen LogP contribution is 2.42. The Labute approximate surface area is 63.8 Å². The normalized spacial score (nSPS) is 22.5.